The molecule has 1 saturated heterocycles. The zero-order valence-electron chi connectivity index (χ0n) is 25.9. The van der Waals surface area contributed by atoms with Crippen molar-refractivity contribution in [2.24, 2.45) is 0 Å². The molecule has 2 aromatic heterocycles. The van der Waals surface area contributed by atoms with E-state index in [0.29, 0.717) is 13.2 Å². The van der Waals surface area contributed by atoms with Crippen molar-refractivity contribution in [3.63, 3.8) is 0 Å². The zero-order valence-corrected chi connectivity index (χ0v) is 30.9. The molecule has 0 atom stereocenters. The Balaban J connectivity index is 1.63. The van der Waals surface area contributed by atoms with Crippen molar-refractivity contribution >= 4 is 69.7 Å². The van der Waals surface area contributed by atoms with Gasteiger partial charge in [-0.05, 0) is 6.92 Å². The summed E-state index contributed by atoms with van der Waals surface area (Å²) >= 11 is 5.47. The molecule has 0 unspecified atom stereocenters. The molecule has 0 bridgehead atoms. The van der Waals surface area contributed by atoms with Crippen LogP contribution in [-0.4, -0.2) is 13.2 Å². The minimum absolute atomic E-state index is 0.612. The van der Waals surface area contributed by atoms with E-state index < -0.39 is 7.26 Å². The first-order valence-electron chi connectivity index (χ1n) is 15.3. The molecule has 46 heavy (non-hydrogen) atoms. The summed E-state index contributed by atoms with van der Waals surface area (Å²) in [6.07, 6.45) is 13.3. The second-order valence-corrected chi connectivity index (χ2v) is 17.0. The first kappa shape index (κ1) is 32.5. The van der Waals surface area contributed by atoms with Crippen molar-refractivity contribution in [3.8, 4) is 4.37 Å². The Morgan fingerprint density at radius 1 is 0.652 bits per heavy atom. The molecule has 0 radical (unpaired) electrons. The van der Waals surface area contributed by atoms with Gasteiger partial charge >= 0.3 is 280 Å². The molecular formula is C41H35OOsPS2+. The molecular weight excluding hydrogens is 794 g/mol. The molecule has 0 saturated carbocycles. The molecule has 0 aliphatic carbocycles. The van der Waals surface area contributed by atoms with Gasteiger partial charge in [0.1, 0.15) is 0 Å². The molecule has 0 N–H and O–H groups in total. The monoisotopic (exact) mass is 830 g/mol. The van der Waals surface area contributed by atoms with Crippen LogP contribution in [-0.2, 0) is 22.7 Å². The van der Waals surface area contributed by atoms with Crippen LogP contribution in [0.4, 0.5) is 0 Å². The molecule has 3 heterocycles. The molecule has 6 rings (SSSR count). The molecule has 0 amide bonds. The van der Waals surface area contributed by atoms with Crippen molar-refractivity contribution in [3.05, 3.63) is 169 Å². The van der Waals surface area contributed by atoms with E-state index in [1.165, 1.54) is 57.5 Å². The van der Waals surface area contributed by atoms with E-state index in [1.807, 2.05) is 29.3 Å². The Labute approximate surface area is 291 Å². The van der Waals surface area contributed by atoms with E-state index in [9.17, 15) is 0 Å². The number of benzene rings is 3. The van der Waals surface area contributed by atoms with E-state index in [4.69, 9.17) is 4.74 Å². The predicted octanol–water partition coefficient (Wildman–Crippen LogP) is 10.1. The zero-order chi connectivity index (χ0) is 31.8. The van der Waals surface area contributed by atoms with Crippen LogP contribution in [0.5, 0.6) is 0 Å². The number of rotatable bonds is 9. The van der Waals surface area contributed by atoms with Gasteiger partial charge < -0.3 is 0 Å². The van der Waals surface area contributed by atoms with Crippen LogP contribution < -0.4 is 15.9 Å². The molecule has 1 aliphatic rings. The third-order valence-corrected chi connectivity index (χ3v) is 15.5. The van der Waals surface area contributed by atoms with Gasteiger partial charge in [0.25, 0.3) is 0 Å². The van der Waals surface area contributed by atoms with Gasteiger partial charge in [-0.15, -0.1) is 0 Å². The van der Waals surface area contributed by atoms with Gasteiger partial charge in [-0.1, -0.05) is 6.08 Å². The van der Waals surface area contributed by atoms with Gasteiger partial charge in [0, 0.05) is 0 Å². The summed E-state index contributed by atoms with van der Waals surface area (Å²) in [7, 11) is -2.37. The average Bonchev–Trinajstić information content (AvgIpc) is 3.88. The summed E-state index contributed by atoms with van der Waals surface area (Å²) in [5.41, 5.74) is 3.71. The van der Waals surface area contributed by atoms with Gasteiger partial charge in [-0.2, -0.15) is 0 Å². The molecule has 1 aliphatic heterocycles. The molecule has 5 heteroatoms. The molecule has 3 aromatic carbocycles. The van der Waals surface area contributed by atoms with Crippen molar-refractivity contribution in [2.45, 2.75) is 13.8 Å². The van der Waals surface area contributed by atoms with Crippen LogP contribution in [0.15, 0.2) is 150 Å². The van der Waals surface area contributed by atoms with Gasteiger partial charge in [0.2, 0.25) is 0 Å². The molecule has 1 fully saturated rings. The van der Waals surface area contributed by atoms with Gasteiger partial charge in [-0.25, -0.2) is 0 Å². The van der Waals surface area contributed by atoms with E-state index in [1.54, 1.807) is 11.3 Å². The number of hydrogen-bond acceptors (Lipinski definition) is 3. The Morgan fingerprint density at radius 2 is 1.15 bits per heavy atom. The molecule has 5 aromatic rings. The number of hydrogen-bond donors (Lipinski definition) is 0. The first-order chi connectivity index (χ1) is 22.7. The third kappa shape index (κ3) is 6.81. The second-order valence-electron chi connectivity index (χ2n) is 10.8. The Morgan fingerprint density at radius 3 is 1.67 bits per heavy atom. The number of thiophene rings is 2. The van der Waals surface area contributed by atoms with Gasteiger partial charge in [0.05, 0.1) is 0 Å². The summed E-state index contributed by atoms with van der Waals surface area (Å²) in [5, 5.41) is 5.20. The van der Waals surface area contributed by atoms with Gasteiger partial charge in [0.15, 0.2) is 0 Å². The molecule has 1 nitrogen and oxygen atoms in total. The van der Waals surface area contributed by atoms with Crippen LogP contribution in [0.2, 0.25) is 0 Å². The standard InChI is InChI=1S/C41H35OPS2.Os/c1-4-15-37-22-23-38(44-37)24-25-39-26-27-41(45-39)40(28-33-30-42-29-32(33)5-2)31(3)43(34-16-9-6-10-17-34,35-18-11-7-12-19-35)36-20-13-8-14-21-36;/h4-28H,29-30H2,1-2H3;/q+1;/b15-4+,25-24+,32-5?,33-28?,40-31?;. The molecule has 0 spiro atoms. The van der Waals surface area contributed by atoms with Crippen LogP contribution in [0.1, 0.15) is 33.4 Å². The fraction of sp³-hybridized carbons (Fsp3) is 0.0976. The first-order valence-corrected chi connectivity index (χ1v) is 20.0. The Kier molecular flexibility index (Phi) is 10.9. The molecule has 229 valence electrons. The summed E-state index contributed by atoms with van der Waals surface area (Å²) in [5.74, 6) is 0. The SMILES string of the molecule is CC=C1COCC1=CC(=C([C]#[Os])[P+](c1ccccc1)(c1ccccc1)c1ccccc1)c1ccc(/C=C/c2ccc(/C=C/C)s2)s1. The quantitative estimate of drug-likeness (QED) is 0.135. The Hall–Kier alpha value is -3.43. The van der Waals surface area contributed by atoms with Crippen molar-refractivity contribution in [1.82, 2.24) is 0 Å². The summed E-state index contributed by atoms with van der Waals surface area (Å²) in [4.78, 5) is 4.98. The maximum absolute atomic E-state index is 5.98. The van der Waals surface area contributed by atoms with E-state index in [2.05, 4.69) is 170 Å². The van der Waals surface area contributed by atoms with E-state index in [0.717, 1.165) is 0 Å². The van der Waals surface area contributed by atoms with E-state index in [-0.39, 0.29) is 0 Å². The van der Waals surface area contributed by atoms with Crippen LogP contribution in [0, 0.1) is 4.37 Å². The van der Waals surface area contributed by atoms with Crippen molar-refractivity contribution in [2.75, 3.05) is 13.2 Å². The van der Waals surface area contributed by atoms with E-state index >= 15 is 0 Å². The Bertz CT molecular complexity index is 1890. The van der Waals surface area contributed by atoms with Crippen LogP contribution in [0.25, 0.3) is 23.8 Å². The second kappa shape index (κ2) is 15.4. The number of allylic oxidation sites excluding steroid dienone is 5. The van der Waals surface area contributed by atoms with Gasteiger partial charge in [-0.3, -0.25) is 0 Å². The van der Waals surface area contributed by atoms with Crippen LogP contribution >= 0.6 is 29.9 Å². The normalized spacial score (nSPS) is 16.0. The number of ether oxygens (including phenoxy) is 1. The summed E-state index contributed by atoms with van der Waals surface area (Å²) in [6.45, 7) is 5.43. The predicted molar refractivity (Wildman–Crippen MR) is 201 cm³/mol. The van der Waals surface area contributed by atoms with Crippen LogP contribution in [0.3, 0.4) is 0 Å². The third-order valence-electron chi connectivity index (χ3n) is 7.98. The average molecular weight is 829 g/mol. The van der Waals surface area contributed by atoms with Crippen molar-refractivity contribution in [1.29, 1.82) is 0 Å². The maximum atomic E-state index is 5.98. The topological polar surface area (TPSA) is 9.23 Å². The summed E-state index contributed by atoms with van der Waals surface area (Å²) < 4.78 is 9.84. The fourth-order valence-corrected chi connectivity index (χ4v) is 13.5. The van der Waals surface area contributed by atoms with Crippen molar-refractivity contribution < 1.29 is 22.7 Å². The fourth-order valence-electron chi connectivity index (χ4n) is 5.83. The summed E-state index contributed by atoms with van der Waals surface area (Å²) in [6, 6.07) is 42.1. The minimum atomic E-state index is -2.37.